The van der Waals surface area contributed by atoms with Crippen molar-refractivity contribution in [2.45, 2.75) is 33.2 Å². The van der Waals surface area contributed by atoms with Crippen molar-refractivity contribution in [1.82, 2.24) is 5.32 Å². The lowest BCUT2D eigenvalue weighted by molar-refractivity contribution is 0.386. The summed E-state index contributed by atoms with van der Waals surface area (Å²) < 4.78 is 0. The Morgan fingerprint density at radius 1 is 1.40 bits per heavy atom. The van der Waals surface area contributed by atoms with Gasteiger partial charge in [-0.25, -0.2) is 0 Å². The number of nitrogens with one attached hydrogen (secondary N) is 1. The van der Waals surface area contributed by atoms with Crippen molar-refractivity contribution in [3.8, 4) is 0 Å². The van der Waals surface area contributed by atoms with Crippen LogP contribution in [0.25, 0.3) is 0 Å². The molecule has 2 nitrogen and oxygen atoms in total. The first kappa shape index (κ1) is 9.92. The standard InChI is InChI=1S/C8H20N2/c1-7(5-9)6-10-8(2,3)4/h7,10H,5-6,9H2,1-4H3. The van der Waals surface area contributed by atoms with Crippen molar-refractivity contribution in [1.29, 1.82) is 0 Å². The molecule has 0 aliphatic heterocycles. The van der Waals surface area contributed by atoms with Gasteiger partial charge in [0.1, 0.15) is 0 Å². The number of hydrogen-bond acceptors (Lipinski definition) is 2. The highest BCUT2D eigenvalue weighted by Gasteiger charge is 2.09. The largest absolute Gasteiger partial charge is 0.330 e. The molecule has 0 saturated heterocycles. The predicted molar refractivity (Wildman–Crippen MR) is 46.0 cm³/mol. The van der Waals surface area contributed by atoms with Gasteiger partial charge >= 0.3 is 0 Å². The summed E-state index contributed by atoms with van der Waals surface area (Å²) in [4.78, 5) is 0. The van der Waals surface area contributed by atoms with Crippen LogP contribution in [0.3, 0.4) is 0 Å². The Kier molecular flexibility index (Phi) is 3.91. The molecule has 0 aromatic carbocycles. The zero-order valence-electron chi connectivity index (χ0n) is 7.57. The molecule has 0 aromatic heterocycles. The summed E-state index contributed by atoms with van der Waals surface area (Å²) >= 11 is 0. The monoisotopic (exact) mass is 144 g/mol. The van der Waals surface area contributed by atoms with Crippen LogP contribution in [-0.4, -0.2) is 18.6 Å². The molecule has 0 spiro atoms. The molecule has 0 aromatic rings. The molecule has 0 amide bonds. The average molecular weight is 144 g/mol. The van der Waals surface area contributed by atoms with E-state index in [0.717, 1.165) is 13.1 Å². The third-order valence-corrected chi connectivity index (χ3v) is 1.38. The minimum atomic E-state index is 0.226. The molecular weight excluding hydrogens is 124 g/mol. The second-order valence-electron chi connectivity index (χ2n) is 3.97. The van der Waals surface area contributed by atoms with E-state index in [4.69, 9.17) is 5.73 Å². The molecule has 1 atom stereocenters. The lowest BCUT2D eigenvalue weighted by atomic mass is 10.1. The minimum absolute atomic E-state index is 0.226. The maximum Gasteiger partial charge on any atom is 0.00966 e. The molecular formula is C8H20N2. The fourth-order valence-corrected chi connectivity index (χ4v) is 0.564. The summed E-state index contributed by atoms with van der Waals surface area (Å²) in [5.41, 5.74) is 5.69. The Morgan fingerprint density at radius 2 is 1.90 bits per heavy atom. The molecule has 0 saturated carbocycles. The van der Waals surface area contributed by atoms with E-state index in [1.807, 2.05) is 0 Å². The summed E-state index contributed by atoms with van der Waals surface area (Å²) in [7, 11) is 0. The van der Waals surface area contributed by atoms with Gasteiger partial charge in [0.15, 0.2) is 0 Å². The van der Waals surface area contributed by atoms with Gasteiger partial charge in [-0.3, -0.25) is 0 Å². The summed E-state index contributed by atoms with van der Waals surface area (Å²) in [6.07, 6.45) is 0. The fourth-order valence-electron chi connectivity index (χ4n) is 0.564. The normalized spacial score (nSPS) is 15.3. The van der Waals surface area contributed by atoms with Crippen molar-refractivity contribution < 1.29 is 0 Å². The zero-order valence-corrected chi connectivity index (χ0v) is 7.57. The molecule has 0 aliphatic rings. The molecule has 0 heterocycles. The molecule has 0 fully saturated rings. The van der Waals surface area contributed by atoms with E-state index in [-0.39, 0.29) is 5.54 Å². The Morgan fingerprint density at radius 3 is 2.20 bits per heavy atom. The molecule has 0 bridgehead atoms. The molecule has 10 heavy (non-hydrogen) atoms. The molecule has 0 rings (SSSR count). The van der Waals surface area contributed by atoms with E-state index in [9.17, 15) is 0 Å². The van der Waals surface area contributed by atoms with Crippen LogP contribution in [0.15, 0.2) is 0 Å². The third kappa shape index (κ3) is 6.05. The number of nitrogens with two attached hydrogens (primary N) is 1. The van der Waals surface area contributed by atoms with Gasteiger partial charge in [-0.1, -0.05) is 6.92 Å². The van der Waals surface area contributed by atoms with Gasteiger partial charge in [-0.05, 0) is 39.8 Å². The van der Waals surface area contributed by atoms with Crippen LogP contribution < -0.4 is 11.1 Å². The van der Waals surface area contributed by atoms with Crippen LogP contribution in [0.1, 0.15) is 27.7 Å². The second kappa shape index (κ2) is 3.94. The Balaban J connectivity index is 3.36. The summed E-state index contributed by atoms with van der Waals surface area (Å²) in [5, 5.41) is 3.39. The summed E-state index contributed by atoms with van der Waals surface area (Å²) in [5.74, 6) is 0.583. The molecule has 2 heteroatoms. The Labute approximate surface area is 64.2 Å². The Bertz CT molecular complexity index is 83.7. The first-order valence-electron chi connectivity index (χ1n) is 3.91. The van der Waals surface area contributed by atoms with Crippen LogP contribution in [0, 0.1) is 5.92 Å². The summed E-state index contributed by atoms with van der Waals surface area (Å²) in [6.45, 7) is 10.4. The van der Waals surface area contributed by atoms with E-state index >= 15 is 0 Å². The predicted octanol–water partition coefficient (Wildman–Crippen LogP) is 0.969. The highest BCUT2D eigenvalue weighted by atomic mass is 14.9. The van der Waals surface area contributed by atoms with Crippen LogP contribution in [-0.2, 0) is 0 Å². The fraction of sp³-hybridized carbons (Fsp3) is 1.00. The molecule has 0 aliphatic carbocycles. The maximum atomic E-state index is 5.46. The van der Waals surface area contributed by atoms with Crippen molar-refractivity contribution in [3.05, 3.63) is 0 Å². The van der Waals surface area contributed by atoms with Crippen molar-refractivity contribution >= 4 is 0 Å². The van der Waals surface area contributed by atoms with Gasteiger partial charge in [-0.2, -0.15) is 0 Å². The maximum absolute atomic E-state index is 5.46. The minimum Gasteiger partial charge on any atom is -0.330 e. The lowest BCUT2D eigenvalue weighted by Gasteiger charge is -2.22. The van der Waals surface area contributed by atoms with Crippen molar-refractivity contribution in [2.75, 3.05) is 13.1 Å². The van der Waals surface area contributed by atoms with Gasteiger partial charge in [0.25, 0.3) is 0 Å². The molecule has 0 radical (unpaired) electrons. The van der Waals surface area contributed by atoms with Crippen LogP contribution in [0.2, 0.25) is 0 Å². The van der Waals surface area contributed by atoms with Gasteiger partial charge < -0.3 is 11.1 Å². The highest BCUT2D eigenvalue weighted by Crippen LogP contribution is 1.99. The molecule has 3 N–H and O–H groups in total. The van der Waals surface area contributed by atoms with Crippen molar-refractivity contribution in [2.24, 2.45) is 11.7 Å². The van der Waals surface area contributed by atoms with Crippen LogP contribution >= 0.6 is 0 Å². The topological polar surface area (TPSA) is 38.0 Å². The average Bonchev–Trinajstić information content (AvgIpc) is 1.81. The van der Waals surface area contributed by atoms with Gasteiger partial charge in [-0.15, -0.1) is 0 Å². The molecule has 1 unspecified atom stereocenters. The zero-order chi connectivity index (χ0) is 8.20. The smallest absolute Gasteiger partial charge is 0.00966 e. The molecule has 62 valence electrons. The van der Waals surface area contributed by atoms with Gasteiger partial charge in [0.05, 0.1) is 0 Å². The van der Waals surface area contributed by atoms with E-state index in [0.29, 0.717) is 5.92 Å². The second-order valence-corrected chi connectivity index (χ2v) is 3.97. The van der Waals surface area contributed by atoms with Gasteiger partial charge in [0.2, 0.25) is 0 Å². The van der Waals surface area contributed by atoms with Crippen LogP contribution in [0.5, 0.6) is 0 Å². The first-order valence-corrected chi connectivity index (χ1v) is 3.91. The van der Waals surface area contributed by atoms with E-state index in [2.05, 4.69) is 33.0 Å². The quantitative estimate of drug-likeness (QED) is 0.619. The van der Waals surface area contributed by atoms with E-state index in [1.165, 1.54) is 0 Å². The third-order valence-electron chi connectivity index (χ3n) is 1.38. The van der Waals surface area contributed by atoms with Gasteiger partial charge in [0, 0.05) is 5.54 Å². The number of rotatable bonds is 3. The summed E-state index contributed by atoms with van der Waals surface area (Å²) in [6, 6.07) is 0. The van der Waals surface area contributed by atoms with Crippen LogP contribution in [0.4, 0.5) is 0 Å². The van der Waals surface area contributed by atoms with E-state index < -0.39 is 0 Å². The highest BCUT2D eigenvalue weighted by molar-refractivity contribution is 4.71. The van der Waals surface area contributed by atoms with Crippen molar-refractivity contribution in [3.63, 3.8) is 0 Å². The SMILES string of the molecule is CC(CN)CNC(C)(C)C. The number of hydrogen-bond donors (Lipinski definition) is 2. The van der Waals surface area contributed by atoms with E-state index in [1.54, 1.807) is 0 Å². The first-order chi connectivity index (χ1) is 4.45. The Hall–Kier alpha value is -0.0800. The lowest BCUT2D eigenvalue weighted by Crippen LogP contribution is -2.39.